The highest BCUT2D eigenvalue weighted by atomic mass is 32.2. The molecule has 3 rings (SSSR count). The quantitative estimate of drug-likeness (QED) is 0.607. The van der Waals surface area contributed by atoms with Crippen molar-refractivity contribution >= 4 is 33.1 Å². The summed E-state index contributed by atoms with van der Waals surface area (Å²) in [6, 6.07) is 11.1. The minimum Gasteiger partial charge on any atom is -0.224 e. The van der Waals surface area contributed by atoms with E-state index in [0.717, 1.165) is 34.1 Å². The molecule has 0 heterocycles. The van der Waals surface area contributed by atoms with E-state index in [9.17, 15) is 17.6 Å². The number of aliphatic imine (C=N–C) groups is 1. The molecule has 0 unspecified atom stereocenters. The molecule has 26 heavy (non-hydrogen) atoms. The number of sulfone groups is 1. The molecular weight excluding hydrogens is 353 g/mol. The van der Waals surface area contributed by atoms with Crippen LogP contribution in [0.3, 0.4) is 0 Å². The summed E-state index contributed by atoms with van der Waals surface area (Å²) in [5.74, 6) is -0.358. The lowest BCUT2D eigenvalue weighted by Crippen LogP contribution is -1.96. The molecule has 1 aliphatic rings. The molecule has 132 valence electrons. The number of carbonyl (C=O) groups excluding carboxylic acids is 1. The van der Waals surface area contributed by atoms with Gasteiger partial charge in [-0.2, -0.15) is 0 Å². The largest absolute Gasteiger partial charge is 0.235 e. The second kappa shape index (κ2) is 6.83. The van der Waals surface area contributed by atoms with Crippen LogP contribution in [0.5, 0.6) is 0 Å². The highest BCUT2D eigenvalue weighted by Crippen LogP contribution is 2.42. The number of hydrogen-bond acceptors (Lipinski definition) is 4. The van der Waals surface area contributed by atoms with Crippen LogP contribution >= 0.6 is 0 Å². The van der Waals surface area contributed by atoms with Gasteiger partial charge >= 0.3 is 0 Å². The number of nitrogens with zero attached hydrogens (tertiary/aromatic N) is 1. The minimum atomic E-state index is -3.25. The third kappa shape index (κ3) is 3.43. The predicted octanol–water partition coefficient (Wildman–Crippen LogP) is 3.89. The maximum absolute atomic E-state index is 13.7. The zero-order valence-corrected chi connectivity index (χ0v) is 15.1. The van der Waals surface area contributed by atoms with E-state index in [2.05, 4.69) is 4.99 Å². The SMILES string of the molecule is CC1=C(CN=C=O)c2cc(F)ccc2/C1=C/c1ccc(S(C)(=O)=O)cc1. The standard InChI is InChI=1S/C20H16FNO3S/c1-13-18(9-14-3-6-16(7-4-14)26(2,24)25)17-8-5-15(21)10-19(17)20(13)11-22-12-23/h3-10H,11H2,1-2H3/b18-9+. The maximum Gasteiger partial charge on any atom is 0.235 e. The number of fused-ring (bicyclic) bond motifs is 1. The van der Waals surface area contributed by atoms with Gasteiger partial charge in [-0.1, -0.05) is 18.2 Å². The van der Waals surface area contributed by atoms with Gasteiger partial charge in [-0.05, 0) is 70.7 Å². The molecule has 0 amide bonds. The number of halogens is 1. The summed E-state index contributed by atoms with van der Waals surface area (Å²) in [6.07, 6.45) is 4.59. The molecule has 0 spiro atoms. The van der Waals surface area contributed by atoms with Gasteiger partial charge in [-0.3, -0.25) is 0 Å². The zero-order chi connectivity index (χ0) is 18.9. The van der Waals surface area contributed by atoms with Gasteiger partial charge in [0.05, 0.1) is 11.4 Å². The molecule has 0 fully saturated rings. The van der Waals surface area contributed by atoms with Gasteiger partial charge in [0.2, 0.25) is 6.08 Å². The van der Waals surface area contributed by atoms with Gasteiger partial charge in [-0.15, -0.1) is 0 Å². The second-order valence-corrected chi connectivity index (χ2v) is 8.12. The van der Waals surface area contributed by atoms with Crippen molar-refractivity contribution in [2.45, 2.75) is 11.8 Å². The fourth-order valence-electron chi connectivity index (χ4n) is 3.05. The van der Waals surface area contributed by atoms with Crippen molar-refractivity contribution in [3.63, 3.8) is 0 Å². The molecule has 0 aliphatic heterocycles. The van der Waals surface area contributed by atoms with Crippen LogP contribution < -0.4 is 0 Å². The van der Waals surface area contributed by atoms with Crippen LogP contribution in [-0.2, 0) is 14.6 Å². The van der Waals surface area contributed by atoms with E-state index < -0.39 is 9.84 Å². The summed E-state index contributed by atoms with van der Waals surface area (Å²) in [7, 11) is -3.25. The van der Waals surface area contributed by atoms with E-state index in [-0.39, 0.29) is 17.3 Å². The summed E-state index contributed by atoms with van der Waals surface area (Å²) < 4.78 is 36.8. The number of hydrogen-bond donors (Lipinski definition) is 0. The summed E-state index contributed by atoms with van der Waals surface area (Å²) >= 11 is 0. The molecule has 4 nitrogen and oxygen atoms in total. The van der Waals surface area contributed by atoms with E-state index in [1.54, 1.807) is 30.3 Å². The highest BCUT2D eigenvalue weighted by molar-refractivity contribution is 7.90. The monoisotopic (exact) mass is 369 g/mol. The molecule has 2 aromatic rings. The minimum absolute atomic E-state index is 0.135. The smallest absolute Gasteiger partial charge is 0.224 e. The molecule has 1 aliphatic carbocycles. The summed E-state index contributed by atoms with van der Waals surface area (Å²) in [4.78, 5) is 14.4. The molecule has 2 aromatic carbocycles. The Hall–Kier alpha value is -2.82. The summed E-state index contributed by atoms with van der Waals surface area (Å²) in [5, 5.41) is 0. The Kier molecular flexibility index (Phi) is 4.72. The van der Waals surface area contributed by atoms with E-state index >= 15 is 0 Å². The van der Waals surface area contributed by atoms with Gasteiger partial charge in [0, 0.05) is 6.26 Å². The first kappa shape index (κ1) is 18.0. The lowest BCUT2D eigenvalue weighted by atomic mass is 10.0. The van der Waals surface area contributed by atoms with Crippen molar-refractivity contribution in [1.29, 1.82) is 0 Å². The fraction of sp³-hybridized carbons (Fsp3) is 0.150. The van der Waals surface area contributed by atoms with Gasteiger partial charge in [0.25, 0.3) is 0 Å². The molecule has 6 heteroatoms. The van der Waals surface area contributed by atoms with Crippen LogP contribution in [-0.4, -0.2) is 27.3 Å². The average molecular weight is 369 g/mol. The predicted molar refractivity (Wildman–Crippen MR) is 99.4 cm³/mol. The van der Waals surface area contributed by atoms with Gasteiger partial charge in [0.15, 0.2) is 9.84 Å². The number of benzene rings is 2. The lowest BCUT2D eigenvalue weighted by Gasteiger charge is -2.05. The first-order valence-corrected chi connectivity index (χ1v) is 9.76. The van der Waals surface area contributed by atoms with Crippen molar-refractivity contribution in [1.82, 2.24) is 0 Å². The van der Waals surface area contributed by atoms with Crippen LogP contribution in [0, 0.1) is 5.82 Å². The Morgan fingerprint density at radius 2 is 1.81 bits per heavy atom. The fourth-order valence-corrected chi connectivity index (χ4v) is 3.68. The first-order chi connectivity index (χ1) is 12.3. The number of rotatable bonds is 4. The van der Waals surface area contributed by atoms with Crippen molar-refractivity contribution in [2.75, 3.05) is 12.8 Å². The van der Waals surface area contributed by atoms with Crippen molar-refractivity contribution in [2.24, 2.45) is 4.99 Å². The topological polar surface area (TPSA) is 63.6 Å². The van der Waals surface area contributed by atoms with Crippen molar-refractivity contribution in [3.8, 4) is 0 Å². The Bertz CT molecular complexity index is 1090. The first-order valence-electron chi connectivity index (χ1n) is 7.87. The molecule has 0 atom stereocenters. The van der Waals surface area contributed by atoms with Crippen molar-refractivity contribution < 1.29 is 17.6 Å². The molecule has 0 saturated heterocycles. The maximum atomic E-state index is 13.7. The molecule has 0 saturated carbocycles. The van der Waals surface area contributed by atoms with E-state index in [4.69, 9.17) is 0 Å². The van der Waals surface area contributed by atoms with Crippen LogP contribution in [0.15, 0.2) is 57.9 Å². The Labute approximate surface area is 151 Å². The normalized spacial score (nSPS) is 15.1. The number of allylic oxidation sites excluding steroid dienone is 2. The molecular formula is C20H16FNO3S. The third-order valence-corrected chi connectivity index (χ3v) is 5.50. The van der Waals surface area contributed by atoms with Crippen LogP contribution in [0.2, 0.25) is 0 Å². The zero-order valence-electron chi connectivity index (χ0n) is 14.3. The number of isocyanates is 1. The van der Waals surface area contributed by atoms with Gasteiger partial charge < -0.3 is 0 Å². The van der Waals surface area contributed by atoms with Crippen LogP contribution in [0.4, 0.5) is 4.39 Å². The molecule has 0 aromatic heterocycles. The van der Waals surface area contributed by atoms with Gasteiger partial charge in [0.1, 0.15) is 5.82 Å². The van der Waals surface area contributed by atoms with Crippen molar-refractivity contribution in [3.05, 3.63) is 70.5 Å². The second-order valence-electron chi connectivity index (χ2n) is 6.10. The Morgan fingerprint density at radius 3 is 2.42 bits per heavy atom. The van der Waals surface area contributed by atoms with E-state index in [1.165, 1.54) is 18.2 Å². The highest BCUT2D eigenvalue weighted by Gasteiger charge is 2.24. The van der Waals surface area contributed by atoms with E-state index in [1.807, 2.05) is 13.0 Å². The summed E-state index contributed by atoms with van der Waals surface area (Å²) in [6.45, 7) is 2.03. The molecule has 0 bridgehead atoms. The Morgan fingerprint density at radius 1 is 1.12 bits per heavy atom. The van der Waals surface area contributed by atoms with Crippen LogP contribution in [0.25, 0.3) is 17.2 Å². The molecule has 0 radical (unpaired) electrons. The average Bonchev–Trinajstić information content (AvgIpc) is 2.84. The third-order valence-electron chi connectivity index (χ3n) is 4.37. The molecule has 0 N–H and O–H groups in total. The van der Waals surface area contributed by atoms with Crippen LogP contribution in [0.1, 0.15) is 23.6 Å². The lowest BCUT2D eigenvalue weighted by molar-refractivity contribution is 0.564. The van der Waals surface area contributed by atoms with E-state index in [0.29, 0.717) is 5.56 Å². The summed E-state index contributed by atoms with van der Waals surface area (Å²) in [5.41, 5.74) is 4.96. The van der Waals surface area contributed by atoms with Gasteiger partial charge in [-0.25, -0.2) is 22.6 Å². The Balaban J connectivity index is 2.10.